The van der Waals surface area contributed by atoms with Gasteiger partial charge in [-0.15, -0.1) is 0 Å². The molecular weight excluding hydrogens is 398 g/mol. The van der Waals surface area contributed by atoms with E-state index in [2.05, 4.69) is 21.8 Å². The third kappa shape index (κ3) is 4.32. The Morgan fingerprint density at radius 1 is 1.03 bits per heavy atom. The lowest BCUT2D eigenvalue weighted by Crippen LogP contribution is -2.56. The molecule has 30 heavy (non-hydrogen) atoms. The van der Waals surface area contributed by atoms with Gasteiger partial charge in [0.05, 0.1) is 5.60 Å². The van der Waals surface area contributed by atoms with Gasteiger partial charge in [-0.1, -0.05) is 48.9 Å². The van der Waals surface area contributed by atoms with E-state index in [1.54, 1.807) is 6.07 Å². The minimum Gasteiger partial charge on any atom is -0.428 e. The van der Waals surface area contributed by atoms with E-state index in [4.69, 9.17) is 0 Å². The summed E-state index contributed by atoms with van der Waals surface area (Å²) in [5, 5.41) is 11.4. The number of piperidine rings is 2. The summed E-state index contributed by atoms with van der Waals surface area (Å²) in [4.78, 5) is 2.43. The number of fused-ring (bicyclic) bond motifs is 2. The Hall–Kier alpha value is -2.12. The summed E-state index contributed by atoms with van der Waals surface area (Å²) in [6, 6.07) is 16.1. The van der Waals surface area contributed by atoms with E-state index in [9.17, 15) is 22.7 Å². The highest BCUT2D eigenvalue weighted by Gasteiger charge is 2.47. The summed E-state index contributed by atoms with van der Waals surface area (Å²) in [5.74, 6) is -0.372. The number of hydrogen-bond acceptors (Lipinski definition) is 3. The van der Waals surface area contributed by atoms with Crippen LogP contribution in [0.15, 0.2) is 54.6 Å². The first kappa shape index (κ1) is 21.1. The van der Waals surface area contributed by atoms with Gasteiger partial charge >= 0.3 is 12.5 Å². The fourth-order valence-electron chi connectivity index (χ4n) is 4.86. The minimum atomic E-state index is -4.57. The molecule has 2 aromatic rings. The molecule has 2 unspecified atom stereocenters. The summed E-state index contributed by atoms with van der Waals surface area (Å²) in [6.45, 7) is 0.802. The number of halogens is 4. The quantitative estimate of drug-likeness (QED) is 0.638. The van der Waals surface area contributed by atoms with Gasteiger partial charge in [-0.25, -0.2) is 0 Å². The number of rotatable bonds is 6. The smallest absolute Gasteiger partial charge is 0.428 e. The third-order valence-corrected chi connectivity index (χ3v) is 6.25. The van der Waals surface area contributed by atoms with Crippen molar-refractivity contribution in [3.05, 3.63) is 65.7 Å². The molecule has 0 aliphatic carbocycles. The van der Waals surface area contributed by atoms with Crippen LogP contribution in [0.3, 0.4) is 0 Å². The van der Waals surface area contributed by atoms with E-state index < -0.39 is 18.1 Å². The summed E-state index contributed by atoms with van der Waals surface area (Å²) in [7, 11) is 0. The molecule has 7 heteroatoms. The monoisotopic (exact) mass is 423 g/mol. The first-order chi connectivity index (χ1) is 14.3. The lowest BCUT2D eigenvalue weighted by molar-refractivity contribution is -0.253. The molecule has 2 fully saturated rings. The van der Waals surface area contributed by atoms with Gasteiger partial charge < -0.3 is 9.84 Å². The summed E-state index contributed by atoms with van der Waals surface area (Å²) in [6.07, 6.45) is -4.59. The Kier molecular flexibility index (Phi) is 5.77. The summed E-state index contributed by atoms with van der Waals surface area (Å²) < 4.78 is 55.8. The highest BCUT2D eigenvalue weighted by atomic mass is 19.3. The van der Waals surface area contributed by atoms with Gasteiger partial charge in [-0.05, 0) is 48.9 Å². The predicted octanol–water partition coefficient (Wildman–Crippen LogP) is 5.33. The SMILES string of the molecule is OC1(c2cccc(OC(F)(F)C(F)F)c2)CC2CCCC(C1)N2Cc1ccccc1. The molecule has 0 saturated carbocycles. The van der Waals surface area contributed by atoms with Crippen molar-refractivity contribution >= 4 is 0 Å². The van der Waals surface area contributed by atoms with Crippen molar-refractivity contribution in [1.82, 2.24) is 4.90 Å². The summed E-state index contributed by atoms with van der Waals surface area (Å²) >= 11 is 0. The number of aliphatic hydroxyl groups is 1. The van der Waals surface area contributed by atoms with Crippen molar-refractivity contribution in [3.8, 4) is 5.75 Å². The van der Waals surface area contributed by atoms with E-state index in [1.165, 1.54) is 23.8 Å². The first-order valence-corrected chi connectivity index (χ1v) is 10.2. The van der Waals surface area contributed by atoms with Crippen molar-refractivity contribution in [2.24, 2.45) is 0 Å². The van der Waals surface area contributed by atoms with Crippen LogP contribution in [0.2, 0.25) is 0 Å². The Balaban J connectivity index is 1.54. The Labute approximate surface area is 173 Å². The molecule has 2 bridgehead atoms. The van der Waals surface area contributed by atoms with Crippen LogP contribution < -0.4 is 4.74 Å². The van der Waals surface area contributed by atoms with Crippen molar-refractivity contribution < 1.29 is 27.4 Å². The normalized spacial score (nSPS) is 27.3. The molecule has 2 aromatic carbocycles. The molecule has 1 N–H and O–H groups in total. The largest absolute Gasteiger partial charge is 0.461 e. The predicted molar refractivity (Wildman–Crippen MR) is 105 cm³/mol. The van der Waals surface area contributed by atoms with Crippen molar-refractivity contribution in [3.63, 3.8) is 0 Å². The van der Waals surface area contributed by atoms with E-state index in [0.717, 1.165) is 25.8 Å². The van der Waals surface area contributed by atoms with E-state index in [-0.39, 0.29) is 17.8 Å². The van der Waals surface area contributed by atoms with Gasteiger partial charge in [0, 0.05) is 18.6 Å². The fraction of sp³-hybridized carbons (Fsp3) is 0.478. The van der Waals surface area contributed by atoms with Crippen LogP contribution in [0.1, 0.15) is 43.2 Å². The standard InChI is InChI=1S/C23H25F4NO2/c24-21(25)23(26,27)30-20-11-4-8-17(12-20)22(29)13-18-9-5-10-19(14-22)28(18)15-16-6-2-1-3-7-16/h1-4,6-8,11-12,18-19,21,29H,5,9-10,13-15H2. The molecule has 3 nitrogen and oxygen atoms in total. The van der Waals surface area contributed by atoms with Gasteiger partial charge in [-0.3, -0.25) is 4.90 Å². The van der Waals surface area contributed by atoms with Gasteiger partial charge in [0.1, 0.15) is 5.75 Å². The lowest BCUT2D eigenvalue weighted by atomic mass is 9.72. The molecule has 2 aliphatic rings. The molecule has 2 heterocycles. The second-order valence-electron chi connectivity index (χ2n) is 8.33. The Bertz CT molecular complexity index is 847. The van der Waals surface area contributed by atoms with Crippen molar-refractivity contribution in [2.75, 3.05) is 0 Å². The summed E-state index contributed by atoms with van der Waals surface area (Å²) in [5.41, 5.74) is 0.438. The van der Waals surface area contributed by atoms with Gasteiger partial charge in [0.25, 0.3) is 0 Å². The van der Waals surface area contributed by atoms with Crippen molar-refractivity contribution in [1.29, 1.82) is 0 Å². The average Bonchev–Trinajstić information content (AvgIpc) is 2.69. The maximum atomic E-state index is 13.3. The maximum Gasteiger partial charge on any atom is 0.461 e. The second-order valence-corrected chi connectivity index (χ2v) is 8.33. The van der Waals surface area contributed by atoms with Gasteiger partial charge in [-0.2, -0.15) is 17.6 Å². The van der Waals surface area contributed by atoms with Crippen LogP contribution in [-0.2, 0) is 12.1 Å². The molecule has 0 amide bonds. The Morgan fingerprint density at radius 2 is 1.70 bits per heavy atom. The van der Waals surface area contributed by atoms with Crippen LogP contribution in [0.5, 0.6) is 5.75 Å². The lowest BCUT2D eigenvalue weighted by Gasteiger charge is -2.52. The van der Waals surface area contributed by atoms with Crippen LogP contribution >= 0.6 is 0 Å². The molecular formula is C23H25F4NO2. The zero-order valence-electron chi connectivity index (χ0n) is 16.5. The topological polar surface area (TPSA) is 32.7 Å². The van der Waals surface area contributed by atoms with Crippen LogP contribution in [0.4, 0.5) is 17.6 Å². The number of hydrogen-bond donors (Lipinski definition) is 1. The van der Waals surface area contributed by atoms with E-state index >= 15 is 0 Å². The van der Waals surface area contributed by atoms with Crippen LogP contribution in [-0.4, -0.2) is 34.6 Å². The molecule has 0 spiro atoms. The third-order valence-electron chi connectivity index (χ3n) is 6.25. The molecule has 2 aliphatic heterocycles. The number of alkyl halides is 4. The van der Waals surface area contributed by atoms with E-state index in [0.29, 0.717) is 18.4 Å². The number of ether oxygens (including phenoxy) is 1. The molecule has 2 saturated heterocycles. The first-order valence-electron chi connectivity index (χ1n) is 10.2. The minimum absolute atomic E-state index is 0.162. The number of nitrogens with zero attached hydrogens (tertiary/aromatic N) is 1. The maximum absolute atomic E-state index is 13.3. The molecule has 2 atom stereocenters. The second kappa shape index (κ2) is 8.19. The fourth-order valence-corrected chi connectivity index (χ4v) is 4.86. The highest BCUT2D eigenvalue weighted by Crippen LogP contribution is 2.45. The number of benzene rings is 2. The van der Waals surface area contributed by atoms with Gasteiger partial charge in [0.2, 0.25) is 0 Å². The molecule has 0 aromatic heterocycles. The van der Waals surface area contributed by atoms with E-state index in [1.807, 2.05) is 18.2 Å². The molecule has 162 valence electrons. The zero-order valence-corrected chi connectivity index (χ0v) is 16.5. The van der Waals surface area contributed by atoms with Crippen LogP contribution in [0.25, 0.3) is 0 Å². The van der Waals surface area contributed by atoms with Crippen LogP contribution in [0, 0.1) is 0 Å². The average molecular weight is 423 g/mol. The highest BCUT2D eigenvalue weighted by molar-refractivity contribution is 5.34. The van der Waals surface area contributed by atoms with Gasteiger partial charge in [0.15, 0.2) is 0 Å². The Morgan fingerprint density at radius 3 is 2.33 bits per heavy atom. The van der Waals surface area contributed by atoms with Crippen molar-refractivity contribution in [2.45, 2.75) is 68.9 Å². The molecule has 4 rings (SSSR count). The molecule has 0 radical (unpaired) electrons. The zero-order chi connectivity index (χ0) is 21.4.